The highest BCUT2D eigenvalue weighted by Crippen LogP contribution is 2.33. The fourth-order valence-electron chi connectivity index (χ4n) is 3.61. The molecule has 0 aliphatic heterocycles. The lowest BCUT2D eigenvalue weighted by Gasteiger charge is -2.38. The molecule has 1 heterocycles. The van der Waals surface area contributed by atoms with E-state index in [9.17, 15) is 19.1 Å². The summed E-state index contributed by atoms with van der Waals surface area (Å²) >= 11 is 0. The Balaban J connectivity index is 1.69. The molecule has 1 aromatic heterocycles. The molecule has 6 nitrogen and oxygen atoms in total. The number of amides is 1. The van der Waals surface area contributed by atoms with Crippen molar-refractivity contribution in [2.24, 2.45) is 0 Å². The molecule has 130 valence electrons. The van der Waals surface area contributed by atoms with Gasteiger partial charge in [-0.25, -0.2) is 13.9 Å². The van der Waals surface area contributed by atoms with Gasteiger partial charge in [-0.05, 0) is 62.8 Å². The number of hydrogen-bond donors (Lipinski definition) is 2. The summed E-state index contributed by atoms with van der Waals surface area (Å²) in [6.45, 7) is 0. The third kappa shape index (κ3) is 2.50. The number of carbonyl (C=O) groups excluding carboxylic acids is 1. The lowest BCUT2D eigenvalue weighted by molar-refractivity contribution is -0.148. The summed E-state index contributed by atoms with van der Waals surface area (Å²) in [5.74, 6) is -1.78. The van der Waals surface area contributed by atoms with Crippen LogP contribution in [0.1, 0.15) is 47.4 Å². The molecule has 0 unspecified atom stereocenters. The minimum Gasteiger partial charge on any atom is -0.480 e. The number of rotatable bonds is 4. The van der Waals surface area contributed by atoms with Crippen LogP contribution in [0.4, 0.5) is 4.39 Å². The monoisotopic (exact) mass is 343 g/mol. The third-order valence-corrected chi connectivity index (χ3v) is 5.19. The van der Waals surface area contributed by atoms with Gasteiger partial charge in [0, 0.05) is 11.3 Å². The summed E-state index contributed by atoms with van der Waals surface area (Å²) < 4.78 is 14.8. The van der Waals surface area contributed by atoms with Gasteiger partial charge in [0.2, 0.25) is 0 Å². The number of nitrogens with one attached hydrogen (secondary N) is 1. The molecule has 2 aromatic rings. The smallest absolute Gasteiger partial charge is 0.329 e. The molecule has 2 N–H and O–H groups in total. The topological polar surface area (TPSA) is 84.2 Å². The van der Waals surface area contributed by atoms with E-state index in [1.54, 1.807) is 16.8 Å². The maximum atomic E-state index is 13.2. The summed E-state index contributed by atoms with van der Waals surface area (Å²) in [7, 11) is 0. The highest BCUT2D eigenvalue weighted by atomic mass is 19.1. The average molecular weight is 343 g/mol. The van der Waals surface area contributed by atoms with Gasteiger partial charge in [-0.1, -0.05) is 0 Å². The van der Waals surface area contributed by atoms with Crippen molar-refractivity contribution in [1.82, 2.24) is 15.1 Å². The van der Waals surface area contributed by atoms with Crippen LogP contribution in [0.2, 0.25) is 0 Å². The number of fused-ring (bicyclic) bond motifs is 1. The molecule has 1 fully saturated rings. The minimum absolute atomic E-state index is 0.282. The van der Waals surface area contributed by atoms with Crippen molar-refractivity contribution in [3.05, 3.63) is 47.0 Å². The van der Waals surface area contributed by atoms with E-state index < -0.39 is 17.4 Å². The van der Waals surface area contributed by atoms with Gasteiger partial charge in [-0.3, -0.25) is 4.79 Å². The largest absolute Gasteiger partial charge is 0.480 e. The molecular weight excluding hydrogens is 325 g/mol. The number of carbonyl (C=O) groups is 2. The molecule has 1 aromatic carbocycles. The highest BCUT2D eigenvalue weighted by molar-refractivity contribution is 5.98. The number of carboxylic acids is 1. The lowest BCUT2D eigenvalue weighted by Crippen LogP contribution is -2.59. The Hall–Kier alpha value is -2.70. The second kappa shape index (κ2) is 5.68. The zero-order valence-corrected chi connectivity index (χ0v) is 13.6. The van der Waals surface area contributed by atoms with Crippen LogP contribution in [0.15, 0.2) is 24.3 Å². The van der Waals surface area contributed by atoms with Crippen LogP contribution in [0.25, 0.3) is 5.69 Å². The standard InChI is InChI=1S/C18H18FN3O3/c19-11-5-7-12(8-6-11)22-14-4-1-3-13(14)15(21-22)16(23)20-18(17(24)25)9-2-10-18/h5-8H,1-4,9-10H2,(H,20,23)(H,24,25). The van der Waals surface area contributed by atoms with Crippen LogP contribution in [-0.4, -0.2) is 32.3 Å². The van der Waals surface area contributed by atoms with Gasteiger partial charge in [0.25, 0.3) is 5.91 Å². The Kier molecular flexibility index (Phi) is 3.59. The predicted molar refractivity (Wildman–Crippen MR) is 87.2 cm³/mol. The second-order valence-electron chi connectivity index (χ2n) is 6.71. The van der Waals surface area contributed by atoms with Gasteiger partial charge in [0.15, 0.2) is 5.69 Å². The summed E-state index contributed by atoms with van der Waals surface area (Å²) in [6, 6.07) is 5.94. The van der Waals surface area contributed by atoms with Crippen molar-refractivity contribution in [1.29, 1.82) is 0 Å². The van der Waals surface area contributed by atoms with Gasteiger partial charge in [-0.2, -0.15) is 5.10 Å². The van der Waals surface area contributed by atoms with E-state index in [4.69, 9.17) is 0 Å². The number of aliphatic carboxylic acids is 1. The van der Waals surface area contributed by atoms with Crippen molar-refractivity contribution in [3.8, 4) is 5.69 Å². The Morgan fingerprint density at radius 2 is 1.88 bits per heavy atom. The number of benzene rings is 1. The lowest BCUT2D eigenvalue weighted by atomic mass is 9.76. The molecule has 2 aliphatic carbocycles. The number of nitrogens with zero attached hydrogens (tertiary/aromatic N) is 2. The number of halogens is 1. The first-order valence-electron chi connectivity index (χ1n) is 8.43. The van der Waals surface area contributed by atoms with Crippen molar-refractivity contribution >= 4 is 11.9 Å². The van der Waals surface area contributed by atoms with Crippen LogP contribution in [-0.2, 0) is 17.6 Å². The maximum absolute atomic E-state index is 13.2. The molecule has 0 atom stereocenters. The van der Waals surface area contributed by atoms with E-state index in [0.29, 0.717) is 18.5 Å². The van der Waals surface area contributed by atoms with Crippen molar-refractivity contribution < 1.29 is 19.1 Å². The van der Waals surface area contributed by atoms with Gasteiger partial charge in [-0.15, -0.1) is 0 Å². The van der Waals surface area contributed by atoms with Crippen molar-refractivity contribution in [3.63, 3.8) is 0 Å². The molecule has 0 spiro atoms. The predicted octanol–water partition coefficient (Wildman–Crippen LogP) is 2.24. The molecule has 0 saturated heterocycles. The van der Waals surface area contributed by atoms with Crippen LogP contribution >= 0.6 is 0 Å². The minimum atomic E-state index is -1.16. The van der Waals surface area contributed by atoms with Gasteiger partial charge in [0.1, 0.15) is 11.4 Å². The van der Waals surface area contributed by atoms with Gasteiger partial charge < -0.3 is 10.4 Å². The molecule has 25 heavy (non-hydrogen) atoms. The first-order valence-corrected chi connectivity index (χ1v) is 8.43. The Morgan fingerprint density at radius 3 is 2.48 bits per heavy atom. The van der Waals surface area contributed by atoms with E-state index in [0.717, 1.165) is 36.9 Å². The molecule has 0 radical (unpaired) electrons. The summed E-state index contributed by atoms with van der Waals surface area (Å²) in [5, 5.41) is 16.5. The zero-order valence-electron chi connectivity index (χ0n) is 13.6. The SMILES string of the molecule is O=C(NC1(C(=O)O)CCC1)c1nn(-c2ccc(F)cc2)c2c1CCC2. The summed E-state index contributed by atoms with van der Waals surface area (Å²) in [6.07, 6.45) is 4.10. The average Bonchev–Trinajstić information content (AvgIpc) is 3.13. The second-order valence-corrected chi connectivity index (χ2v) is 6.71. The quantitative estimate of drug-likeness (QED) is 0.892. The first kappa shape index (κ1) is 15.8. The summed E-state index contributed by atoms with van der Waals surface area (Å²) in [5.41, 5.74) is 1.61. The van der Waals surface area contributed by atoms with Gasteiger partial charge in [0.05, 0.1) is 5.69 Å². The van der Waals surface area contributed by atoms with Crippen molar-refractivity contribution in [2.45, 2.75) is 44.1 Å². The Morgan fingerprint density at radius 1 is 1.16 bits per heavy atom. The van der Waals surface area contributed by atoms with E-state index in [2.05, 4.69) is 10.4 Å². The van der Waals surface area contributed by atoms with E-state index >= 15 is 0 Å². The summed E-state index contributed by atoms with van der Waals surface area (Å²) in [4.78, 5) is 24.2. The number of hydrogen-bond acceptors (Lipinski definition) is 3. The molecule has 1 amide bonds. The van der Waals surface area contributed by atoms with E-state index in [1.165, 1.54) is 12.1 Å². The molecule has 2 aliphatic rings. The van der Waals surface area contributed by atoms with Crippen LogP contribution < -0.4 is 5.32 Å². The normalized spacial score (nSPS) is 17.6. The molecule has 4 rings (SSSR count). The third-order valence-electron chi connectivity index (χ3n) is 5.19. The zero-order chi connectivity index (χ0) is 17.6. The Bertz CT molecular complexity index is 853. The van der Waals surface area contributed by atoms with E-state index in [1.807, 2.05) is 0 Å². The molecule has 1 saturated carbocycles. The van der Waals surface area contributed by atoms with Crippen LogP contribution in [0.3, 0.4) is 0 Å². The highest BCUT2D eigenvalue weighted by Gasteiger charge is 2.46. The Labute approximate surface area is 143 Å². The molecule has 0 bridgehead atoms. The van der Waals surface area contributed by atoms with Crippen molar-refractivity contribution in [2.75, 3.05) is 0 Å². The maximum Gasteiger partial charge on any atom is 0.329 e. The van der Waals surface area contributed by atoms with Crippen LogP contribution in [0, 0.1) is 5.82 Å². The molecule has 7 heteroatoms. The van der Waals surface area contributed by atoms with E-state index in [-0.39, 0.29) is 11.5 Å². The number of aromatic nitrogens is 2. The number of carboxylic acid groups (broad SMARTS) is 1. The van der Waals surface area contributed by atoms with Crippen LogP contribution in [0.5, 0.6) is 0 Å². The fraction of sp³-hybridized carbons (Fsp3) is 0.389. The first-order chi connectivity index (χ1) is 12.0. The fourth-order valence-corrected chi connectivity index (χ4v) is 3.61. The van der Waals surface area contributed by atoms with Gasteiger partial charge >= 0.3 is 5.97 Å². The molecular formula is C18H18FN3O3.